The molecule has 25 heavy (non-hydrogen) atoms. The lowest BCUT2D eigenvalue weighted by Gasteiger charge is -2.09. The first-order valence-corrected chi connectivity index (χ1v) is 8.89. The topological polar surface area (TPSA) is 51.1 Å². The number of hydrogen-bond donors (Lipinski definition) is 1. The van der Waals surface area contributed by atoms with Crippen molar-refractivity contribution in [2.75, 3.05) is 0 Å². The zero-order valence-electron chi connectivity index (χ0n) is 13.4. The quantitative estimate of drug-likeness (QED) is 0.719. The number of fused-ring (bicyclic) bond motifs is 1. The molecule has 0 spiro atoms. The highest BCUT2D eigenvalue weighted by Crippen LogP contribution is 2.25. The molecule has 0 radical (unpaired) electrons. The van der Waals surface area contributed by atoms with Crippen molar-refractivity contribution in [3.8, 4) is 0 Å². The SMILES string of the molecule is O=C1NC(=Cc2cc3ccccc3n2CCc2ccccc2)C(=O)S1. The average Bonchev–Trinajstić information content (AvgIpc) is 3.13. The van der Waals surface area contributed by atoms with Crippen LogP contribution in [0.3, 0.4) is 0 Å². The summed E-state index contributed by atoms with van der Waals surface area (Å²) >= 11 is 0.704. The second-order valence-electron chi connectivity index (χ2n) is 5.88. The largest absolute Gasteiger partial charge is 0.341 e. The van der Waals surface area contributed by atoms with Crippen LogP contribution in [-0.2, 0) is 17.8 Å². The third-order valence-corrected chi connectivity index (χ3v) is 4.94. The molecule has 0 aliphatic carbocycles. The van der Waals surface area contributed by atoms with Crippen LogP contribution in [0.4, 0.5) is 4.79 Å². The van der Waals surface area contributed by atoms with Gasteiger partial charge in [0, 0.05) is 34.9 Å². The van der Waals surface area contributed by atoms with Crippen LogP contribution in [0.2, 0.25) is 0 Å². The van der Waals surface area contributed by atoms with Crippen molar-refractivity contribution in [2.45, 2.75) is 13.0 Å². The van der Waals surface area contributed by atoms with Crippen molar-refractivity contribution in [1.29, 1.82) is 0 Å². The summed E-state index contributed by atoms with van der Waals surface area (Å²) in [5.74, 6) is 0. The number of thioether (sulfide) groups is 1. The molecule has 2 aromatic carbocycles. The van der Waals surface area contributed by atoms with Crippen LogP contribution >= 0.6 is 11.8 Å². The fourth-order valence-corrected chi connectivity index (χ4v) is 3.60. The van der Waals surface area contributed by atoms with Gasteiger partial charge in [0.15, 0.2) is 0 Å². The Labute approximate surface area is 149 Å². The molecule has 124 valence electrons. The standard InChI is InChI=1S/C20H16N2O2S/c23-19-17(21-20(24)25-19)13-16-12-15-8-4-5-9-18(15)22(16)11-10-14-6-2-1-3-7-14/h1-9,12-13H,10-11H2,(H,21,24). The van der Waals surface area contributed by atoms with E-state index in [4.69, 9.17) is 0 Å². The molecule has 1 saturated heterocycles. The number of para-hydroxylation sites is 1. The summed E-state index contributed by atoms with van der Waals surface area (Å²) in [6.45, 7) is 0.798. The lowest BCUT2D eigenvalue weighted by Crippen LogP contribution is -2.11. The number of nitrogens with zero attached hydrogens (tertiary/aromatic N) is 1. The van der Waals surface area contributed by atoms with Crippen LogP contribution in [0.5, 0.6) is 0 Å². The molecule has 0 saturated carbocycles. The number of aryl methyl sites for hydroxylation is 2. The Bertz CT molecular complexity index is 989. The molecule has 0 atom stereocenters. The number of aromatic nitrogens is 1. The third kappa shape index (κ3) is 3.23. The Balaban J connectivity index is 1.72. The van der Waals surface area contributed by atoms with Gasteiger partial charge in [0.05, 0.1) is 5.70 Å². The van der Waals surface area contributed by atoms with Gasteiger partial charge in [-0.3, -0.25) is 9.59 Å². The molecule has 1 aromatic heterocycles. The van der Waals surface area contributed by atoms with Crippen molar-refractivity contribution in [2.24, 2.45) is 0 Å². The van der Waals surface area contributed by atoms with Crippen LogP contribution in [0.1, 0.15) is 11.3 Å². The van der Waals surface area contributed by atoms with E-state index in [-0.39, 0.29) is 10.4 Å². The summed E-state index contributed by atoms with van der Waals surface area (Å²) < 4.78 is 2.19. The minimum absolute atomic E-state index is 0.232. The first kappa shape index (κ1) is 15.7. The molecule has 4 rings (SSSR count). The van der Waals surface area contributed by atoms with Crippen molar-refractivity contribution in [1.82, 2.24) is 9.88 Å². The predicted octanol–water partition coefficient (Wildman–Crippen LogP) is 4.21. The molecule has 0 bridgehead atoms. The number of hydrogen-bond acceptors (Lipinski definition) is 3. The number of carbonyl (C=O) groups is 2. The third-order valence-electron chi connectivity index (χ3n) is 4.24. The summed E-state index contributed by atoms with van der Waals surface area (Å²) in [5.41, 5.74) is 3.65. The highest BCUT2D eigenvalue weighted by molar-refractivity contribution is 8.27. The van der Waals surface area contributed by atoms with E-state index >= 15 is 0 Å². The Morgan fingerprint density at radius 3 is 2.52 bits per heavy atom. The van der Waals surface area contributed by atoms with Gasteiger partial charge in [-0.25, -0.2) is 0 Å². The molecule has 1 aliphatic rings. The fraction of sp³-hybridized carbons (Fsp3) is 0.100. The van der Waals surface area contributed by atoms with Gasteiger partial charge >= 0.3 is 0 Å². The van der Waals surface area contributed by atoms with E-state index in [0.29, 0.717) is 17.5 Å². The number of amides is 1. The molecule has 5 heteroatoms. The van der Waals surface area contributed by atoms with E-state index in [1.165, 1.54) is 5.56 Å². The zero-order valence-corrected chi connectivity index (χ0v) is 14.3. The van der Waals surface area contributed by atoms with Gasteiger partial charge in [-0.1, -0.05) is 48.5 Å². The van der Waals surface area contributed by atoms with Crippen LogP contribution in [0.25, 0.3) is 17.0 Å². The number of nitrogens with one attached hydrogen (secondary N) is 1. The van der Waals surface area contributed by atoms with Gasteiger partial charge in [-0.2, -0.15) is 0 Å². The Morgan fingerprint density at radius 1 is 1.00 bits per heavy atom. The normalized spacial score (nSPS) is 15.9. The second-order valence-corrected chi connectivity index (χ2v) is 6.82. The molecular formula is C20H16N2O2S. The highest BCUT2D eigenvalue weighted by atomic mass is 32.2. The van der Waals surface area contributed by atoms with Crippen LogP contribution in [-0.4, -0.2) is 14.9 Å². The number of rotatable bonds is 4. The molecule has 2 heterocycles. The van der Waals surface area contributed by atoms with E-state index in [1.54, 1.807) is 6.08 Å². The molecule has 1 amide bonds. The zero-order chi connectivity index (χ0) is 17.2. The summed E-state index contributed by atoms with van der Waals surface area (Å²) in [6.07, 6.45) is 2.66. The summed E-state index contributed by atoms with van der Waals surface area (Å²) in [5, 5.41) is 3.19. The first-order chi connectivity index (χ1) is 12.2. The molecule has 4 nitrogen and oxygen atoms in total. The van der Waals surface area contributed by atoms with Gasteiger partial charge in [0.1, 0.15) is 0 Å². The van der Waals surface area contributed by atoms with E-state index in [1.807, 2.05) is 30.3 Å². The summed E-state index contributed by atoms with van der Waals surface area (Å²) in [6, 6.07) is 20.5. The van der Waals surface area contributed by atoms with Gasteiger partial charge < -0.3 is 9.88 Å². The molecule has 1 N–H and O–H groups in total. The number of carbonyl (C=O) groups excluding carboxylic acids is 2. The molecule has 1 aliphatic heterocycles. The minimum atomic E-state index is -0.316. The maximum absolute atomic E-state index is 11.9. The molecule has 3 aromatic rings. The van der Waals surface area contributed by atoms with Gasteiger partial charge in [0.2, 0.25) is 5.12 Å². The smallest absolute Gasteiger partial charge is 0.291 e. The van der Waals surface area contributed by atoms with Crippen LogP contribution in [0, 0.1) is 0 Å². The lowest BCUT2D eigenvalue weighted by atomic mass is 10.1. The van der Waals surface area contributed by atoms with Crippen LogP contribution < -0.4 is 5.32 Å². The minimum Gasteiger partial charge on any atom is -0.341 e. The average molecular weight is 348 g/mol. The fourth-order valence-electron chi connectivity index (χ4n) is 3.06. The molecule has 0 unspecified atom stereocenters. The highest BCUT2D eigenvalue weighted by Gasteiger charge is 2.25. The van der Waals surface area contributed by atoms with Gasteiger partial charge in [0.25, 0.3) is 5.24 Å². The maximum atomic E-state index is 11.9. The van der Waals surface area contributed by atoms with E-state index < -0.39 is 0 Å². The van der Waals surface area contributed by atoms with E-state index in [0.717, 1.165) is 29.6 Å². The molecule has 1 fully saturated rings. The Morgan fingerprint density at radius 2 is 1.76 bits per heavy atom. The Kier molecular flexibility index (Phi) is 4.15. The predicted molar refractivity (Wildman–Crippen MR) is 101 cm³/mol. The monoisotopic (exact) mass is 348 g/mol. The summed E-state index contributed by atoms with van der Waals surface area (Å²) in [7, 11) is 0. The van der Waals surface area contributed by atoms with Crippen molar-refractivity contribution in [3.05, 3.63) is 77.6 Å². The lowest BCUT2D eigenvalue weighted by molar-refractivity contribution is -0.107. The van der Waals surface area contributed by atoms with Gasteiger partial charge in [-0.05, 0) is 30.2 Å². The number of benzene rings is 2. The van der Waals surface area contributed by atoms with Crippen molar-refractivity contribution < 1.29 is 9.59 Å². The van der Waals surface area contributed by atoms with Gasteiger partial charge in [-0.15, -0.1) is 0 Å². The van der Waals surface area contributed by atoms with Crippen molar-refractivity contribution in [3.63, 3.8) is 0 Å². The van der Waals surface area contributed by atoms with Crippen molar-refractivity contribution >= 4 is 39.1 Å². The first-order valence-electron chi connectivity index (χ1n) is 8.08. The maximum Gasteiger partial charge on any atom is 0.291 e. The van der Waals surface area contributed by atoms with Crippen LogP contribution in [0.15, 0.2) is 66.4 Å². The van der Waals surface area contributed by atoms with E-state index in [2.05, 4.69) is 40.2 Å². The second kappa shape index (κ2) is 6.61. The Hall–Kier alpha value is -2.79. The summed E-state index contributed by atoms with van der Waals surface area (Å²) in [4.78, 5) is 23.3. The molecular weight excluding hydrogens is 332 g/mol. The van der Waals surface area contributed by atoms with E-state index in [9.17, 15) is 9.59 Å².